The minimum Gasteiger partial charge on any atom is -0.481 e. The van der Waals surface area contributed by atoms with Crippen molar-refractivity contribution in [1.29, 1.82) is 0 Å². The Hall–Kier alpha value is -1.52. The zero-order chi connectivity index (χ0) is 13.8. The van der Waals surface area contributed by atoms with E-state index in [2.05, 4.69) is 6.58 Å². The molecule has 5 heteroatoms. The van der Waals surface area contributed by atoms with Crippen molar-refractivity contribution in [2.45, 2.75) is 25.7 Å². The SMILES string of the molecule is C=CCOC(=O)N1CC2CCCC(CC(=O)O)C2C1. The molecule has 1 aliphatic heterocycles. The van der Waals surface area contributed by atoms with Gasteiger partial charge in [0.15, 0.2) is 0 Å². The Morgan fingerprint density at radius 1 is 1.37 bits per heavy atom. The molecule has 3 atom stereocenters. The summed E-state index contributed by atoms with van der Waals surface area (Å²) < 4.78 is 5.05. The fourth-order valence-electron chi connectivity index (χ4n) is 3.44. The van der Waals surface area contributed by atoms with Crippen molar-refractivity contribution in [3.05, 3.63) is 12.7 Å². The summed E-state index contributed by atoms with van der Waals surface area (Å²) in [5.74, 6) is 0.224. The topological polar surface area (TPSA) is 66.8 Å². The van der Waals surface area contributed by atoms with Crippen molar-refractivity contribution >= 4 is 12.1 Å². The summed E-state index contributed by atoms with van der Waals surface area (Å²) in [6.45, 7) is 5.08. The van der Waals surface area contributed by atoms with Gasteiger partial charge in [0.2, 0.25) is 0 Å². The van der Waals surface area contributed by atoms with E-state index in [0.29, 0.717) is 24.9 Å². The molecule has 5 nitrogen and oxygen atoms in total. The van der Waals surface area contributed by atoms with Crippen LogP contribution < -0.4 is 0 Å². The second kappa shape index (κ2) is 6.08. The van der Waals surface area contributed by atoms with Crippen molar-refractivity contribution in [3.8, 4) is 0 Å². The summed E-state index contributed by atoms with van der Waals surface area (Å²) in [5, 5.41) is 8.96. The van der Waals surface area contributed by atoms with E-state index in [0.717, 1.165) is 19.3 Å². The number of carbonyl (C=O) groups is 2. The quantitative estimate of drug-likeness (QED) is 0.792. The highest BCUT2D eigenvalue weighted by Gasteiger charge is 2.42. The van der Waals surface area contributed by atoms with Crippen molar-refractivity contribution in [2.75, 3.05) is 19.7 Å². The molecule has 0 aromatic carbocycles. The fourth-order valence-corrected chi connectivity index (χ4v) is 3.44. The van der Waals surface area contributed by atoms with Crippen LogP contribution in [-0.4, -0.2) is 41.8 Å². The van der Waals surface area contributed by atoms with Gasteiger partial charge in [0.1, 0.15) is 6.61 Å². The van der Waals surface area contributed by atoms with Crippen LogP contribution in [0.3, 0.4) is 0 Å². The third-order valence-electron chi connectivity index (χ3n) is 4.27. The Balaban J connectivity index is 1.94. The summed E-state index contributed by atoms with van der Waals surface area (Å²) in [5.41, 5.74) is 0. The Bertz CT molecular complexity index is 368. The fraction of sp³-hybridized carbons (Fsp3) is 0.714. The number of likely N-dealkylation sites (tertiary alicyclic amines) is 1. The highest BCUT2D eigenvalue weighted by Crippen LogP contribution is 2.41. The van der Waals surface area contributed by atoms with Crippen molar-refractivity contribution in [1.82, 2.24) is 4.90 Å². The van der Waals surface area contributed by atoms with E-state index in [9.17, 15) is 9.59 Å². The molecule has 19 heavy (non-hydrogen) atoms. The molecule has 1 amide bonds. The summed E-state index contributed by atoms with van der Waals surface area (Å²) >= 11 is 0. The predicted octanol–water partition coefficient (Wildman–Crippen LogP) is 2.13. The summed E-state index contributed by atoms with van der Waals surface area (Å²) in [6, 6.07) is 0. The first-order valence-electron chi connectivity index (χ1n) is 6.86. The summed E-state index contributed by atoms with van der Waals surface area (Å²) in [6.07, 6.45) is 4.58. The number of carboxylic acid groups (broad SMARTS) is 1. The molecule has 2 aliphatic rings. The number of nitrogens with zero attached hydrogens (tertiary/aromatic N) is 1. The van der Waals surface area contributed by atoms with Gasteiger partial charge in [0, 0.05) is 19.5 Å². The lowest BCUT2D eigenvalue weighted by molar-refractivity contribution is -0.138. The maximum atomic E-state index is 11.8. The smallest absolute Gasteiger partial charge is 0.410 e. The molecule has 0 radical (unpaired) electrons. The molecule has 106 valence electrons. The number of aliphatic carboxylic acids is 1. The van der Waals surface area contributed by atoms with Crippen molar-refractivity contribution < 1.29 is 19.4 Å². The maximum absolute atomic E-state index is 11.8. The molecule has 0 bridgehead atoms. The zero-order valence-electron chi connectivity index (χ0n) is 11.1. The van der Waals surface area contributed by atoms with Crippen LogP contribution in [-0.2, 0) is 9.53 Å². The third kappa shape index (κ3) is 3.28. The largest absolute Gasteiger partial charge is 0.481 e. The van der Waals surface area contributed by atoms with Gasteiger partial charge in [0.05, 0.1) is 0 Å². The van der Waals surface area contributed by atoms with E-state index in [1.165, 1.54) is 0 Å². The number of hydrogen-bond acceptors (Lipinski definition) is 3. The number of hydrogen-bond donors (Lipinski definition) is 1. The van der Waals surface area contributed by atoms with Gasteiger partial charge in [-0.15, -0.1) is 0 Å². The molecular formula is C14H21NO4. The second-order valence-corrected chi connectivity index (χ2v) is 5.48. The first kappa shape index (κ1) is 13.9. The second-order valence-electron chi connectivity index (χ2n) is 5.48. The lowest BCUT2D eigenvalue weighted by Crippen LogP contribution is -2.31. The third-order valence-corrected chi connectivity index (χ3v) is 4.27. The highest BCUT2D eigenvalue weighted by atomic mass is 16.6. The van der Waals surface area contributed by atoms with Crippen LogP contribution in [0.2, 0.25) is 0 Å². The average molecular weight is 267 g/mol. The van der Waals surface area contributed by atoms with Crippen LogP contribution in [0.15, 0.2) is 12.7 Å². The Labute approximate surface area is 113 Å². The number of rotatable bonds is 4. The van der Waals surface area contributed by atoms with Gasteiger partial charge in [-0.2, -0.15) is 0 Å². The predicted molar refractivity (Wildman–Crippen MR) is 69.7 cm³/mol. The van der Waals surface area contributed by atoms with Crippen LogP contribution in [0.5, 0.6) is 0 Å². The van der Waals surface area contributed by atoms with E-state index in [4.69, 9.17) is 9.84 Å². The molecule has 2 fully saturated rings. The highest BCUT2D eigenvalue weighted by molar-refractivity contribution is 5.68. The molecule has 0 aromatic rings. The van der Waals surface area contributed by atoms with E-state index in [1.807, 2.05) is 0 Å². The Kier molecular flexibility index (Phi) is 4.45. The van der Waals surface area contributed by atoms with Crippen LogP contribution in [0.1, 0.15) is 25.7 Å². The van der Waals surface area contributed by atoms with Gasteiger partial charge in [-0.3, -0.25) is 4.79 Å². The monoisotopic (exact) mass is 267 g/mol. The summed E-state index contributed by atoms with van der Waals surface area (Å²) in [7, 11) is 0. The Morgan fingerprint density at radius 3 is 2.84 bits per heavy atom. The molecule has 0 spiro atoms. The normalized spacial score (nSPS) is 29.7. The van der Waals surface area contributed by atoms with Gasteiger partial charge < -0.3 is 14.7 Å². The molecule has 0 aromatic heterocycles. The van der Waals surface area contributed by atoms with Crippen molar-refractivity contribution in [3.63, 3.8) is 0 Å². The number of carboxylic acids is 1. The standard InChI is InChI=1S/C14H21NO4/c1-2-6-19-14(18)15-8-11-5-3-4-10(7-13(16)17)12(11)9-15/h2,10-12H,1,3-9H2,(H,16,17). The number of fused-ring (bicyclic) bond motifs is 1. The minimum absolute atomic E-state index is 0.202. The number of carbonyl (C=O) groups excluding carboxylic acids is 1. The van der Waals surface area contributed by atoms with Crippen LogP contribution in [0.25, 0.3) is 0 Å². The van der Waals surface area contributed by atoms with Crippen LogP contribution in [0.4, 0.5) is 4.79 Å². The first-order valence-corrected chi connectivity index (χ1v) is 6.86. The van der Waals surface area contributed by atoms with E-state index < -0.39 is 5.97 Å². The molecule has 1 saturated heterocycles. The van der Waals surface area contributed by atoms with Gasteiger partial charge in [-0.25, -0.2) is 4.79 Å². The van der Waals surface area contributed by atoms with Gasteiger partial charge >= 0.3 is 12.1 Å². The van der Waals surface area contributed by atoms with E-state index >= 15 is 0 Å². The van der Waals surface area contributed by atoms with E-state index in [1.54, 1.807) is 11.0 Å². The van der Waals surface area contributed by atoms with Crippen LogP contribution >= 0.6 is 0 Å². The average Bonchev–Trinajstić information content (AvgIpc) is 2.80. The molecule has 1 N–H and O–H groups in total. The zero-order valence-corrected chi connectivity index (χ0v) is 11.1. The van der Waals surface area contributed by atoms with Gasteiger partial charge in [0.25, 0.3) is 0 Å². The van der Waals surface area contributed by atoms with E-state index in [-0.39, 0.29) is 25.0 Å². The lowest BCUT2D eigenvalue weighted by atomic mass is 9.72. The first-order chi connectivity index (χ1) is 9.11. The Morgan fingerprint density at radius 2 is 2.16 bits per heavy atom. The molecule has 1 aliphatic carbocycles. The van der Waals surface area contributed by atoms with Gasteiger partial charge in [-0.05, 0) is 30.6 Å². The maximum Gasteiger partial charge on any atom is 0.410 e. The number of ether oxygens (including phenoxy) is 1. The molecule has 1 saturated carbocycles. The molecule has 1 heterocycles. The van der Waals surface area contributed by atoms with Crippen LogP contribution in [0, 0.1) is 17.8 Å². The molecule has 2 rings (SSSR count). The minimum atomic E-state index is -0.738. The molecule has 3 unspecified atom stereocenters. The van der Waals surface area contributed by atoms with Crippen molar-refractivity contribution in [2.24, 2.45) is 17.8 Å². The molecular weight excluding hydrogens is 246 g/mol. The van der Waals surface area contributed by atoms with Gasteiger partial charge in [-0.1, -0.05) is 19.1 Å². The number of amides is 1. The summed E-state index contributed by atoms with van der Waals surface area (Å²) in [4.78, 5) is 24.4. The lowest BCUT2D eigenvalue weighted by Gasteiger charge is -2.31.